The summed E-state index contributed by atoms with van der Waals surface area (Å²) in [5, 5.41) is 5.63. The molecule has 2 rings (SSSR count). The third-order valence-corrected chi connectivity index (χ3v) is 3.30. The number of rotatable bonds is 8. The maximum Gasteiger partial charge on any atom is 0.319 e. The Morgan fingerprint density at radius 3 is 2.74 bits per heavy atom. The van der Waals surface area contributed by atoms with Gasteiger partial charge in [0.15, 0.2) is 0 Å². The number of anilines is 1. The fourth-order valence-electron chi connectivity index (χ4n) is 2.01. The number of ether oxygens (including phenoxy) is 1. The fourth-order valence-corrected chi connectivity index (χ4v) is 2.01. The molecule has 0 aliphatic rings. The minimum Gasteiger partial charge on any atom is -0.494 e. The molecule has 2 aromatic rings. The second kappa shape index (κ2) is 9.46. The number of urea groups is 1. The SMILES string of the molecule is CCCCOc1ccc(NC(=O)NCCc2cccnc2)cc1. The minimum atomic E-state index is -0.214. The lowest BCUT2D eigenvalue weighted by Crippen LogP contribution is -2.30. The van der Waals surface area contributed by atoms with E-state index in [1.165, 1.54) is 0 Å². The third-order valence-electron chi connectivity index (χ3n) is 3.30. The molecule has 0 bridgehead atoms. The van der Waals surface area contributed by atoms with Crippen LogP contribution in [-0.4, -0.2) is 24.2 Å². The van der Waals surface area contributed by atoms with E-state index in [4.69, 9.17) is 4.74 Å². The van der Waals surface area contributed by atoms with Gasteiger partial charge in [-0.1, -0.05) is 19.4 Å². The van der Waals surface area contributed by atoms with Crippen LogP contribution in [0.15, 0.2) is 48.8 Å². The number of aromatic nitrogens is 1. The van der Waals surface area contributed by atoms with Gasteiger partial charge in [0.05, 0.1) is 6.61 Å². The Morgan fingerprint density at radius 2 is 2.04 bits per heavy atom. The van der Waals surface area contributed by atoms with Crippen LogP contribution in [0.3, 0.4) is 0 Å². The van der Waals surface area contributed by atoms with Crippen molar-refractivity contribution in [3.05, 3.63) is 54.4 Å². The molecule has 5 nitrogen and oxygen atoms in total. The van der Waals surface area contributed by atoms with E-state index in [-0.39, 0.29) is 6.03 Å². The van der Waals surface area contributed by atoms with Crippen LogP contribution in [-0.2, 0) is 6.42 Å². The molecule has 5 heteroatoms. The molecule has 0 saturated carbocycles. The van der Waals surface area contributed by atoms with Gasteiger partial charge in [0.2, 0.25) is 0 Å². The van der Waals surface area contributed by atoms with E-state index in [2.05, 4.69) is 22.5 Å². The first-order chi connectivity index (χ1) is 11.3. The quantitative estimate of drug-likeness (QED) is 0.732. The van der Waals surface area contributed by atoms with Crippen molar-refractivity contribution in [1.29, 1.82) is 0 Å². The fraction of sp³-hybridized carbons (Fsp3) is 0.333. The second-order valence-corrected chi connectivity index (χ2v) is 5.22. The maximum atomic E-state index is 11.8. The molecular weight excluding hydrogens is 290 g/mol. The molecule has 0 aliphatic carbocycles. The average Bonchev–Trinajstić information content (AvgIpc) is 2.58. The zero-order valence-electron chi connectivity index (χ0n) is 13.4. The molecule has 23 heavy (non-hydrogen) atoms. The van der Waals surface area contributed by atoms with Gasteiger partial charge in [-0.3, -0.25) is 4.98 Å². The van der Waals surface area contributed by atoms with Gasteiger partial charge in [-0.2, -0.15) is 0 Å². The number of amides is 2. The van der Waals surface area contributed by atoms with E-state index >= 15 is 0 Å². The summed E-state index contributed by atoms with van der Waals surface area (Å²) in [6, 6.07) is 11.1. The van der Waals surface area contributed by atoms with Crippen LogP contribution in [0, 0.1) is 0 Å². The summed E-state index contributed by atoms with van der Waals surface area (Å²) in [4.78, 5) is 15.9. The Labute approximate surface area is 137 Å². The zero-order valence-corrected chi connectivity index (χ0v) is 13.4. The van der Waals surface area contributed by atoms with E-state index in [0.717, 1.165) is 42.9 Å². The van der Waals surface area contributed by atoms with Crippen molar-refractivity contribution in [2.24, 2.45) is 0 Å². The van der Waals surface area contributed by atoms with Gasteiger partial charge in [-0.25, -0.2) is 4.79 Å². The van der Waals surface area contributed by atoms with Crippen molar-refractivity contribution in [2.45, 2.75) is 26.2 Å². The van der Waals surface area contributed by atoms with Crippen LogP contribution >= 0.6 is 0 Å². The van der Waals surface area contributed by atoms with Gasteiger partial charge in [0, 0.05) is 24.6 Å². The van der Waals surface area contributed by atoms with E-state index in [9.17, 15) is 4.79 Å². The van der Waals surface area contributed by atoms with Crippen molar-refractivity contribution in [3.63, 3.8) is 0 Å². The summed E-state index contributed by atoms with van der Waals surface area (Å²) >= 11 is 0. The number of nitrogens with zero attached hydrogens (tertiary/aromatic N) is 1. The van der Waals surface area contributed by atoms with Crippen molar-refractivity contribution < 1.29 is 9.53 Å². The predicted molar refractivity (Wildman–Crippen MR) is 91.8 cm³/mol. The predicted octanol–water partition coefficient (Wildman–Crippen LogP) is 3.62. The number of carbonyl (C=O) groups excluding carboxylic acids is 1. The van der Waals surface area contributed by atoms with Crippen molar-refractivity contribution in [2.75, 3.05) is 18.5 Å². The molecule has 0 spiro atoms. The highest BCUT2D eigenvalue weighted by Gasteiger charge is 2.02. The lowest BCUT2D eigenvalue weighted by Gasteiger charge is -2.09. The normalized spacial score (nSPS) is 10.1. The summed E-state index contributed by atoms with van der Waals surface area (Å²) in [7, 11) is 0. The number of pyridine rings is 1. The van der Waals surface area contributed by atoms with Gasteiger partial charge < -0.3 is 15.4 Å². The Hall–Kier alpha value is -2.56. The number of hydrogen-bond donors (Lipinski definition) is 2. The molecule has 2 amide bonds. The van der Waals surface area contributed by atoms with Crippen LogP contribution < -0.4 is 15.4 Å². The number of hydrogen-bond acceptors (Lipinski definition) is 3. The number of nitrogens with one attached hydrogen (secondary N) is 2. The Morgan fingerprint density at radius 1 is 1.22 bits per heavy atom. The number of benzene rings is 1. The molecule has 0 saturated heterocycles. The molecule has 0 atom stereocenters. The van der Waals surface area contributed by atoms with Gasteiger partial charge >= 0.3 is 6.03 Å². The molecular formula is C18H23N3O2. The highest BCUT2D eigenvalue weighted by molar-refractivity contribution is 5.89. The van der Waals surface area contributed by atoms with E-state index in [1.807, 2.05) is 36.4 Å². The molecule has 0 aliphatic heterocycles. The molecule has 122 valence electrons. The van der Waals surface area contributed by atoms with Gasteiger partial charge in [-0.15, -0.1) is 0 Å². The molecule has 0 fully saturated rings. The van der Waals surface area contributed by atoms with Crippen molar-refractivity contribution in [3.8, 4) is 5.75 Å². The maximum absolute atomic E-state index is 11.8. The van der Waals surface area contributed by atoms with Crippen LogP contribution in [0.25, 0.3) is 0 Å². The first-order valence-electron chi connectivity index (χ1n) is 7.94. The summed E-state index contributed by atoms with van der Waals surface area (Å²) < 4.78 is 5.59. The third kappa shape index (κ3) is 6.38. The van der Waals surface area contributed by atoms with E-state index in [0.29, 0.717) is 6.54 Å². The highest BCUT2D eigenvalue weighted by atomic mass is 16.5. The van der Waals surface area contributed by atoms with Gasteiger partial charge in [-0.05, 0) is 48.7 Å². The first kappa shape index (κ1) is 16.8. The van der Waals surface area contributed by atoms with Crippen LogP contribution in [0.1, 0.15) is 25.3 Å². The Balaban J connectivity index is 1.70. The van der Waals surface area contributed by atoms with Crippen LogP contribution in [0.2, 0.25) is 0 Å². The highest BCUT2D eigenvalue weighted by Crippen LogP contribution is 2.15. The lowest BCUT2D eigenvalue weighted by atomic mass is 10.2. The van der Waals surface area contributed by atoms with Crippen LogP contribution in [0.5, 0.6) is 5.75 Å². The van der Waals surface area contributed by atoms with E-state index in [1.54, 1.807) is 12.4 Å². The topological polar surface area (TPSA) is 63.2 Å². The van der Waals surface area contributed by atoms with Crippen LogP contribution in [0.4, 0.5) is 10.5 Å². The molecule has 0 radical (unpaired) electrons. The summed E-state index contributed by atoms with van der Waals surface area (Å²) in [6.07, 6.45) is 6.44. The van der Waals surface area contributed by atoms with Crippen molar-refractivity contribution >= 4 is 11.7 Å². The second-order valence-electron chi connectivity index (χ2n) is 5.22. The lowest BCUT2D eigenvalue weighted by molar-refractivity contribution is 0.252. The van der Waals surface area contributed by atoms with Gasteiger partial charge in [0.25, 0.3) is 0 Å². The number of carbonyl (C=O) groups is 1. The van der Waals surface area contributed by atoms with Crippen molar-refractivity contribution in [1.82, 2.24) is 10.3 Å². The molecule has 0 unspecified atom stereocenters. The molecule has 1 heterocycles. The Kier molecular flexibility index (Phi) is 6.91. The smallest absolute Gasteiger partial charge is 0.319 e. The largest absolute Gasteiger partial charge is 0.494 e. The molecule has 1 aromatic heterocycles. The first-order valence-corrected chi connectivity index (χ1v) is 7.94. The Bertz CT molecular complexity index is 585. The monoisotopic (exact) mass is 313 g/mol. The average molecular weight is 313 g/mol. The standard InChI is InChI=1S/C18H23N3O2/c1-2-3-13-23-17-8-6-16(7-9-17)21-18(22)20-12-10-15-5-4-11-19-14-15/h4-9,11,14H,2-3,10,12-13H2,1H3,(H2,20,21,22). The van der Waals surface area contributed by atoms with E-state index < -0.39 is 0 Å². The molecule has 1 aromatic carbocycles. The minimum absolute atomic E-state index is 0.214. The summed E-state index contributed by atoms with van der Waals surface area (Å²) in [5.74, 6) is 0.820. The number of unbranched alkanes of at least 4 members (excludes halogenated alkanes) is 1. The zero-order chi connectivity index (χ0) is 16.3. The summed E-state index contributed by atoms with van der Waals surface area (Å²) in [5.41, 5.74) is 1.84. The van der Waals surface area contributed by atoms with Gasteiger partial charge in [0.1, 0.15) is 5.75 Å². The molecule has 2 N–H and O–H groups in total. The summed E-state index contributed by atoms with van der Waals surface area (Å²) in [6.45, 7) is 3.41.